The van der Waals surface area contributed by atoms with Crippen molar-refractivity contribution in [1.82, 2.24) is 10.6 Å². The Morgan fingerprint density at radius 3 is 2.53 bits per heavy atom. The van der Waals surface area contributed by atoms with Crippen LogP contribution in [0.2, 0.25) is 0 Å². The second-order valence-corrected chi connectivity index (χ2v) is 4.62. The van der Waals surface area contributed by atoms with Gasteiger partial charge >= 0.3 is 6.03 Å². The van der Waals surface area contributed by atoms with Gasteiger partial charge < -0.3 is 15.4 Å². The lowest BCUT2D eigenvalue weighted by molar-refractivity contribution is 0.234. The van der Waals surface area contributed by atoms with Crippen LogP contribution in [0.15, 0.2) is 24.3 Å². The molecule has 19 heavy (non-hydrogen) atoms. The van der Waals surface area contributed by atoms with Gasteiger partial charge in [-0.05, 0) is 33.3 Å². The van der Waals surface area contributed by atoms with E-state index in [1.807, 2.05) is 52.0 Å². The zero-order valence-corrected chi connectivity index (χ0v) is 12.2. The molecule has 0 aromatic heterocycles. The van der Waals surface area contributed by atoms with Crippen LogP contribution in [0.3, 0.4) is 0 Å². The monoisotopic (exact) mass is 264 g/mol. The molecule has 2 N–H and O–H groups in total. The summed E-state index contributed by atoms with van der Waals surface area (Å²) in [7, 11) is 0. The number of carbonyl (C=O) groups is 1. The highest BCUT2D eigenvalue weighted by Gasteiger charge is 2.14. The minimum absolute atomic E-state index is 0.0909. The third-order valence-electron chi connectivity index (χ3n) is 3.02. The van der Waals surface area contributed by atoms with E-state index in [2.05, 4.69) is 10.6 Å². The number of hydrogen-bond acceptors (Lipinski definition) is 2. The Morgan fingerprint density at radius 2 is 1.89 bits per heavy atom. The van der Waals surface area contributed by atoms with Gasteiger partial charge in [-0.2, -0.15) is 0 Å². The summed E-state index contributed by atoms with van der Waals surface area (Å²) in [5.74, 6) is 0.821. The van der Waals surface area contributed by atoms with Crippen LogP contribution < -0.4 is 15.4 Å². The van der Waals surface area contributed by atoms with E-state index < -0.39 is 0 Å². The lowest BCUT2D eigenvalue weighted by Gasteiger charge is -2.19. The van der Waals surface area contributed by atoms with Crippen molar-refractivity contribution in [1.29, 1.82) is 0 Å². The molecule has 0 saturated heterocycles. The predicted octanol–water partition coefficient (Wildman–Crippen LogP) is 3.24. The van der Waals surface area contributed by atoms with Crippen LogP contribution in [-0.2, 0) is 0 Å². The van der Waals surface area contributed by atoms with Crippen LogP contribution in [0, 0.1) is 0 Å². The van der Waals surface area contributed by atoms with Crippen molar-refractivity contribution >= 4 is 6.03 Å². The fourth-order valence-corrected chi connectivity index (χ4v) is 1.77. The smallest absolute Gasteiger partial charge is 0.315 e. The summed E-state index contributed by atoms with van der Waals surface area (Å²) in [4.78, 5) is 11.8. The quantitative estimate of drug-likeness (QED) is 0.828. The number of rotatable bonds is 6. The minimum atomic E-state index is -0.145. The highest BCUT2D eigenvalue weighted by Crippen LogP contribution is 2.24. The highest BCUT2D eigenvalue weighted by molar-refractivity contribution is 5.74. The van der Waals surface area contributed by atoms with E-state index in [4.69, 9.17) is 4.74 Å². The molecule has 1 aromatic rings. The minimum Gasteiger partial charge on any atom is -0.494 e. The Morgan fingerprint density at radius 1 is 1.21 bits per heavy atom. The van der Waals surface area contributed by atoms with Gasteiger partial charge in [-0.25, -0.2) is 4.79 Å². The first kappa shape index (κ1) is 15.3. The third-order valence-corrected chi connectivity index (χ3v) is 3.02. The topological polar surface area (TPSA) is 50.4 Å². The maximum Gasteiger partial charge on any atom is 0.315 e. The summed E-state index contributed by atoms with van der Waals surface area (Å²) in [5, 5.41) is 5.82. The molecule has 0 radical (unpaired) electrons. The van der Waals surface area contributed by atoms with Crippen LogP contribution in [0.25, 0.3) is 0 Å². The second kappa shape index (κ2) is 7.67. The molecule has 0 spiro atoms. The molecule has 0 bridgehead atoms. The highest BCUT2D eigenvalue weighted by atomic mass is 16.5. The van der Waals surface area contributed by atoms with Crippen molar-refractivity contribution < 1.29 is 9.53 Å². The summed E-state index contributed by atoms with van der Waals surface area (Å²) in [5.41, 5.74) is 0.989. The fraction of sp³-hybridized carbons (Fsp3) is 0.533. The number of benzene rings is 1. The van der Waals surface area contributed by atoms with E-state index in [0.29, 0.717) is 6.61 Å². The van der Waals surface area contributed by atoms with Crippen LogP contribution in [0.1, 0.15) is 45.7 Å². The van der Waals surface area contributed by atoms with Crippen LogP contribution in [0.5, 0.6) is 5.75 Å². The summed E-state index contributed by atoms with van der Waals surface area (Å²) < 4.78 is 5.57. The molecule has 2 atom stereocenters. The van der Waals surface area contributed by atoms with Crippen LogP contribution in [-0.4, -0.2) is 18.7 Å². The number of hydrogen-bond donors (Lipinski definition) is 2. The number of urea groups is 1. The number of para-hydroxylation sites is 1. The van der Waals surface area contributed by atoms with E-state index in [-0.39, 0.29) is 18.1 Å². The van der Waals surface area contributed by atoms with E-state index in [1.165, 1.54) is 0 Å². The van der Waals surface area contributed by atoms with Gasteiger partial charge in [0.2, 0.25) is 0 Å². The largest absolute Gasteiger partial charge is 0.494 e. The van der Waals surface area contributed by atoms with Gasteiger partial charge in [0, 0.05) is 11.6 Å². The van der Waals surface area contributed by atoms with Crippen molar-refractivity contribution in [3.05, 3.63) is 29.8 Å². The molecule has 0 heterocycles. The SMILES string of the molecule is CCOc1ccccc1[C@@H](C)NC(=O)N[C@H](C)CC. The summed E-state index contributed by atoms with van der Waals surface area (Å²) in [6, 6.07) is 7.71. The van der Waals surface area contributed by atoms with Crippen molar-refractivity contribution in [3.8, 4) is 5.75 Å². The molecule has 0 saturated carbocycles. The summed E-state index contributed by atoms with van der Waals surface area (Å²) >= 11 is 0. The standard InChI is InChI=1S/C15H24N2O2/c1-5-11(3)16-15(18)17-12(4)13-9-7-8-10-14(13)19-6-2/h7-12H,5-6H2,1-4H3,(H2,16,17,18)/t11-,12-/m1/s1. The molecule has 0 aliphatic carbocycles. The molecule has 2 amide bonds. The molecule has 0 fully saturated rings. The molecule has 0 aliphatic rings. The number of amides is 2. The molecule has 4 nitrogen and oxygen atoms in total. The number of ether oxygens (including phenoxy) is 1. The van der Waals surface area contributed by atoms with Crippen molar-refractivity contribution in [2.45, 2.75) is 46.2 Å². The molecule has 0 aliphatic heterocycles. The Labute approximate surface area is 115 Å². The van der Waals surface area contributed by atoms with Gasteiger partial charge in [0.1, 0.15) is 5.75 Å². The fourth-order valence-electron chi connectivity index (χ4n) is 1.77. The summed E-state index contributed by atoms with van der Waals surface area (Å²) in [6.45, 7) is 8.54. The maximum atomic E-state index is 11.8. The molecule has 1 rings (SSSR count). The van der Waals surface area contributed by atoms with Gasteiger partial charge in [-0.1, -0.05) is 25.1 Å². The molecule has 106 valence electrons. The Kier molecular flexibility index (Phi) is 6.19. The Balaban J connectivity index is 2.67. The van der Waals surface area contributed by atoms with Crippen molar-refractivity contribution in [2.75, 3.05) is 6.61 Å². The first-order valence-corrected chi connectivity index (χ1v) is 6.87. The second-order valence-electron chi connectivity index (χ2n) is 4.62. The van der Waals surface area contributed by atoms with Gasteiger partial charge in [0.05, 0.1) is 12.6 Å². The van der Waals surface area contributed by atoms with Crippen LogP contribution in [0.4, 0.5) is 4.79 Å². The zero-order chi connectivity index (χ0) is 14.3. The van der Waals surface area contributed by atoms with Gasteiger partial charge in [0.25, 0.3) is 0 Å². The molecular formula is C15H24N2O2. The first-order valence-electron chi connectivity index (χ1n) is 6.87. The summed E-state index contributed by atoms with van der Waals surface area (Å²) in [6.07, 6.45) is 0.914. The average Bonchev–Trinajstić information content (AvgIpc) is 2.39. The van der Waals surface area contributed by atoms with Crippen molar-refractivity contribution in [3.63, 3.8) is 0 Å². The molecule has 1 aromatic carbocycles. The van der Waals surface area contributed by atoms with E-state index in [0.717, 1.165) is 17.7 Å². The van der Waals surface area contributed by atoms with Gasteiger partial charge in [0.15, 0.2) is 0 Å². The number of nitrogens with one attached hydrogen (secondary N) is 2. The van der Waals surface area contributed by atoms with E-state index >= 15 is 0 Å². The molecular weight excluding hydrogens is 240 g/mol. The lowest BCUT2D eigenvalue weighted by atomic mass is 10.1. The molecule has 4 heteroatoms. The molecule has 0 unspecified atom stereocenters. The maximum absolute atomic E-state index is 11.8. The first-order chi connectivity index (χ1) is 9.08. The van der Waals surface area contributed by atoms with Gasteiger partial charge in [-0.3, -0.25) is 0 Å². The van der Waals surface area contributed by atoms with Gasteiger partial charge in [-0.15, -0.1) is 0 Å². The normalized spacial score (nSPS) is 13.5. The van der Waals surface area contributed by atoms with Crippen molar-refractivity contribution in [2.24, 2.45) is 0 Å². The Hall–Kier alpha value is -1.71. The van der Waals surface area contributed by atoms with E-state index in [9.17, 15) is 4.79 Å². The number of carbonyl (C=O) groups excluding carboxylic acids is 1. The lowest BCUT2D eigenvalue weighted by Crippen LogP contribution is -2.41. The predicted molar refractivity (Wildman–Crippen MR) is 77.4 cm³/mol. The van der Waals surface area contributed by atoms with Crippen LogP contribution >= 0.6 is 0 Å². The zero-order valence-electron chi connectivity index (χ0n) is 12.2. The van der Waals surface area contributed by atoms with E-state index in [1.54, 1.807) is 0 Å². The average molecular weight is 264 g/mol. The third kappa shape index (κ3) is 4.81. The Bertz CT molecular complexity index is 407.